The van der Waals surface area contributed by atoms with Crippen LogP contribution in [-0.4, -0.2) is 29.1 Å². The first-order valence-electron chi connectivity index (χ1n) is 7.10. The van der Waals surface area contributed by atoms with E-state index in [4.69, 9.17) is 4.74 Å². The number of amides is 1. The van der Waals surface area contributed by atoms with E-state index >= 15 is 0 Å². The summed E-state index contributed by atoms with van der Waals surface area (Å²) in [6, 6.07) is 0. The molecule has 4 nitrogen and oxygen atoms in total. The average molecular weight is 255 g/mol. The van der Waals surface area contributed by atoms with Crippen molar-refractivity contribution in [2.45, 2.75) is 54.2 Å². The number of hydrazine groups is 1. The molecule has 0 radical (unpaired) electrons. The van der Waals surface area contributed by atoms with Crippen LogP contribution in [0.4, 0.5) is 0 Å². The minimum atomic E-state index is -0.0766. The Morgan fingerprint density at radius 2 is 1.83 bits per heavy atom. The molecule has 18 heavy (non-hydrogen) atoms. The summed E-state index contributed by atoms with van der Waals surface area (Å²) >= 11 is 0. The van der Waals surface area contributed by atoms with Gasteiger partial charge < -0.3 is 4.74 Å². The Hall–Kier alpha value is -0.900. The fourth-order valence-corrected chi connectivity index (χ4v) is 2.79. The van der Waals surface area contributed by atoms with Gasteiger partial charge in [-0.1, -0.05) is 46.2 Å². The molecule has 2 unspecified atom stereocenters. The lowest BCUT2D eigenvalue weighted by Crippen LogP contribution is -2.40. The molecule has 1 amide bonds. The van der Waals surface area contributed by atoms with Gasteiger partial charge in [-0.05, 0) is 6.42 Å². The summed E-state index contributed by atoms with van der Waals surface area (Å²) in [6.07, 6.45) is 0.767. The summed E-state index contributed by atoms with van der Waals surface area (Å²) in [5.41, 5.74) is 4.20. The third-order valence-corrected chi connectivity index (χ3v) is 3.34. The molecule has 0 spiro atoms. The van der Waals surface area contributed by atoms with Crippen LogP contribution in [0.2, 0.25) is 0 Å². The Morgan fingerprint density at radius 1 is 1.28 bits per heavy atom. The van der Waals surface area contributed by atoms with Gasteiger partial charge in [0.05, 0.1) is 6.61 Å². The zero-order valence-corrected chi connectivity index (χ0v) is 12.5. The van der Waals surface area contributed by atoms with Gasteiger partial charge in [0.25, 0.3) is 12.1 Å². The molecule has 2 aliphatic heterocycles. The van der Waals surface area contributed by atoms with Crippen molar-refractivity contribution in [2.75, 3.05) is 6.61 Å². The zero-order chi connectivity index (χ0) is 13.9. The lowest BCUT2D eigenvalue weighted by Gasteiger charge is -2.14. The molecule has 0 aromatic carbocycles. The fraction of sp³-hybridized carbons (Fsp3) is 0.857. The Labute approximate surface area is 110 Å². The highest BCUT2D eigenvalue weighted by Gasteiger charge is 2.52. The van der Waals surface area contributed by atoms with Crippen LogP contribution >= 0.6 is 0 Å². The van der Waals surface area contributed by atoms with E-state index in [1.807, 2.05) is 18.5 Å². The molecule has 0 aliphatic carbocycles. The monoisotopic (exact) mass is 255 g/mol. The second kappa shape index (κ2) is 6.32. The van der Waals surface area contributed by atoms with Crippen molar-refractivity contribution in [2.24, 2.45) is 17.8 Å². The summed E-state index contributed by atoms with van der Waals surface area (Å²) in [7, 11) is 0. The van der Waals surface area contributed by atoms with Gasteiger partial charge in [-0.2, -0.15) is 0 Å². The van der Waals surface area contributed by atoms with Crippen LogP contribution in [0, 0.1) is 17.8 Å². The van der Waals surface area contributed by atoms with E-state index in [2.05, 4.69) is 33.1 Å². The van der Waals surface area contributed by atoms with Crippen molar-refractivity contribution in [3.63, 3.8) is 0 Å². The third kappa shape index (κ3) is 2.74. The number of rotatable bonds is 2. The van der Waals surface area contributed by atoms with E-state index in [0.29, 0.717) is 18.4 Å². The van der Waals surface area contributed by atoms with Crippen LogP contribution in [0.3, 0.4) is 0 Å². The normalized spacial score (nSPS) is 26.0. The maximum absolute atomic E-state index is 11.8. The molecule has 0 saturated carbocycles. The van der Waals surface area contributed by atoms with Gasteiger partial charge in [-0.15, -0.1) is 5.43 Å². The predicted molar refractivity (Wildman–Crippen MR) is 72.3 cm³/mol. The van der Waals surface area contributed by atoms with E-state index in [-0.39, 0.29) is 18.1 Å². The summed E-state index contributed by atoms with van der Waals surface area (Å²) in [5, 5.41) is 0. The SMILES string of the molecule is CC.CC(C)C(C(C)C)=[N+]1NC(=O)C2CCOC21. The van der Waals surface area contributed by atoms with Crippen molar-refractivity contribution in [1.82, 2.24) is 5.43 Å². The third-order valence-electron chi connectivity index (χ3n) is 3.34. The highest BCUT2D eigenvalue weighted by Crippen LogP contribution is 2.27. The summed E-state index contributed by atoms with van der Waals surface area (Å²) in [4.78, 5) is 11.8. The van der Waals surface area contributed by atoms with E-state index in [9.17, 15) is 4.79 Å². The van der Waals surface area contributed by atoms with Crippen molar-refractivity contribution < 1.29 is 14.2 Å². The fourth-order valence-electron chi connectivity index (χ4n) is 2.79. The molecule has 2 atom stereocenters. The molecular weight excluding hydrogens is 228 g/mol. The minimum Gasteiger partial charge on any atom is -0.319 e. The second-order valence-corrected chi connectivity index (χ2v) is 5.24. The summed E-state index contributed by atoms with van der Waals surface area (Å²) in [5.74, 6) is 0.972. The number of carbonyl (C=O) groups excluding carboxylic acids is 1. The first kappa shape index (κ1) is 15.2. The van der Waals surface area contributed by atoms with Gasteiger partial charge in [0.15, 0.2) is 5.71 Å². The van der Waals surface area contributed by atoms with Crippen molar-refractivity contribution in [3.8, 4) is 0 Å². The number of hydrogen-bond acceptors (Lipinski definition) is 2. The van der Waals surface area contributed by atoms with Crippen LogP contribution < -0.4 is 5.43 Å². The van der Waals surface area contributed by atoms with Gasteiger partial charge in [0, 0.05) is 11.8 Å². The Morgan fingerprint density at radius 3 is 2.33 bits per heavy atom. The molecular formula is C14H27N2O2+. The Kier molecular flexibility index (Phi) is 5.32. The van der Waals surface area contributed by atoms with Gasteiger partial charge >= 0.3 is 0 Å². The summed E-state index contributed by atoms with van der Waals surface area (Å²) in [6.45, 7) is 13.3. The lowest BCUT2D eigenvalue weighted by atomic mass is 9.97. The van der Waals surface area contributed by atoms with E-state index in [1.54, 1.807) is 0 Å². The molecule has 2 fully saturated rings. The first-order valence-corrected chi connectivity index (χ1v) is 7.10. The quantitative estimate of drug-likeness (QED) is 0.768. The number of nitrogens with one attached hydrogen (secondary N) is 1. The molecule has 2 heterocycles. The first-order chi connectivity index (χ1) is 8.52. The highest BCUT2D eigenvalue weighted by molar-refractivity contribution is 5.86. The topological polar surface area (TPSA) is 41.3 Å². The number of hydrogen-bond donors (Lipinski definition) is 1. The number of carbonyl (C=O) groups is 1. The molecule has 0 aromatic rings. The molecule has 1 N–H and O–H groups in total. The van der Waals surface area contributed by atoms with E-state index in [1.165, 1.54) is 5.71 Å². The van der Waals surface area contributed by atoms with E-state index < -0.39 is 0 Å². The maximum atomic E-state index is 11.8. The van der Waals surface area contributed by atoms with Crippen LogP contribution in [0.1, 0.15) is 48.0 Å². The van der Waals surface area contributed by atoms with Gasteiger partial charge in [0.1, 0.15) is 5.92 Å². The summed E-state index contributed by atoms with van der Waals surface area (Å²) < 4.78 is 7.63. The van der Waals surface area contributed by atoms with Crippen LogP contribution in [0.5, 0.6) is 0 Å². The minimum absolute atomic E-state index is 0.0208. The second-order valence-electron chi connectivity index (χ2n) is 5.24. The van der Waals surface area contributed by atoms with Gasteiger partial charge in [-0.3, -0.25) is 4.79 Å². The molecule has 104 valence electrons. The maximum Gasteiger partial charge on any atom is 0.297 e. The van der Waals surface area contributed by atoms with Crippen molar-refractivity contribution in [3.05, 3.63) is 0 Å². The number of fused-ring (bicyclic) bond motifs is 1. The van der Waals surface area contributed by atoms with Crippen molar-refractivity contribution >= 4 is 11.6 Å². The number of ether oxygens (including phenoxy) is 1. The highest BCUT2D eigenvalue weighted by atomic mass is 16.5. The Balaban J connectivity index is 0.000000771. The molecule has 2 saturated heterocycles. The van der Waals surface area contributed by atoms with Crippen LogP contribution in [0.25, 0.3) is 0 Å². The molecule has 2 rings (SSSR count). The van der Waals surface area contributed by atoms with E-state index in [0.717, 1.165) is 6.42 Å². The Bertz CT molecular complexity index is 325. The van der Waals surface area contributed by atoms with Crippen molar-refractivity contribution in [1.29, 1.82) is 0 Å². The number of hydrazone groups is 1. The van der Waals surface area contributed by atoms with Crippen LogP contribution in [0.15, 0.2) is 0 Å². The smallest absolute Gasteiger partial charge is 0.297 e. The molecule has 0 aromatic heterocycles. The molecule has 4 heteroatoms. The average Bonchev–Trinajstić information content (AvgIpc) is 2.87. The van der Waals surface area contributed by atoms with Gasteiger partial charge in [0.2, 0.25) is 0 Å². The lowest BCUT2D eigenvalue weighted by molar-refractivity contribution is -0.637. The predicted octanol–water partition coefficient (Wildman–Crippen LogP) is 2.19. The zero-order valence-electron chi connectivity index (χ0n) is 12.5. The molecule has 0 bridgehead atoms. The standard InChI is InChI=1S/C12H20N2O2.C2H6/c1-7(2)10(8(3)4)14-12-9(5-6-16-12)11(15)13-14;1-2/h7-9,12H,5-6H2,1-4H3;1-2H3/p+1. The molecule has 2 aliphatic rings. The number of nitrogens with zero attached hydrogens (tertiary/aromatic N) is 1. The van der Waals surface area contributed by atoms with Gasteiger partial charge in [-0.25, -0.2) is 0 Å². The van der Waals surface area contributed by atoms with Crippen LogP contribution in [-0.2, 0) is 9.53 Å². The largest absolute Gasteiger partial charge is 0.319 e.